The van der Waals surface area contributed by atoms with Crippen molar-refractivity contribution in [3.05, 3.63) is 0 Å². The van der Waals surface area contributed by atoms with Crippen LogP contribution in [0.15, 0.2) is 0 Å². The number of carbonyl (C=O) groups is 1. The fourth-order valence-corrected chi connectivity index (χ4v) is 11.8. The van der Waals surface area contributed by atoms with E-state index >= 15 is 0 Å². The summed E-state index contributed by atoms with van der Waals surface area (Å²) in [5, 5.41) is 10.8. The Morgan fingerprint density at radius 3 is 2.18 bits per heavy atom. The van der Waals surface area contributed by atoms with Gasteiger partial charge in [0.05, 0.1) is 11.5 Å². The molecule has 2 bridgehead atoms. The van der Waals surface area contributed by atoms with E-state index < -0.39 is 0 Å². The molecular formula is C30H48O3. The van der Waals surface area contributed by atoms with Gasteiger partial charge in [-0.3, -0.25) is 4.79 Å². The number of esters is 1. The maximum atomic E-state index is 14.0. The summed E-state index contributed by atoms with van der Waals surface area (Å²) in [7, 11) is 0. The van der Waals surface area contributed by atoms with E-state index in [-0.39, 0.29) is 45.3 Å². The van der Waals surface area contributed by atoms with E-state index in [0.717, 1.165) is 32.1 Å². The Morgan fingerprint density at radius 2 is 1.45 bits per heavy atom. The minimum absolute atomic E-state index is 0.0399. The van der Waals surface area contributed by atoms with Crippen molar-refractivity contribution >= 4 is 5.97 Å². The molecule has 3 heteroatoms. The lowest BCUT2D eigenvalue weighted by Crippen LogP contribution is -2.76. The molecule has 7 aliphatic rings. The number of fused-ring (bicyclic) bond motifs is 4. The summed E-state index contributed by atoms with van der Waals surface area (Å²) in [4.78, 5) is 14.0. The van der Waals surface area contributed by atoms with E-state index in [1.54, 1.807) is 0 Å². The van der Waals surface area contributed by atoms with Crippen molar-refractivity contribution in [3.63, 3.8) is 0 Å². The van der Waals surface area contributed by atoms with Gasteiger partial charge in [-0.1, -0.05) is 48.5 Å². The molecule has 0 aromatic rings. The van der Waals surface area contributed by atoms with Crippen LogP contribution in [0.2, 0.25) is 0 Å². The van der Waals surface area contributed by atoms with Gasteiger partial charge < -0.3 is 9.84 Å². The van der Waals surface area contributed by atoms with Gasteiger partial charge in [-0.2, -0.15) is 0 Å². The van der Waals surface area contributed by atoms with E-state index in [2.05, 4.69) is 48.5 Å². The number of hydrogen-bond donors (Lipinski definition) is 1. The van der Waals surface area contributed by atoms with Gasteiger partial charge in [0, 0.05) is 5.41 Å². The maximum Gasteiger partial charge on any atom is 0.313 e. The second kappa shape index (κ2) is 6.40. The van der Waals surface area contributed by atoms with Crippen LogP contribution in [0, 0.1) is 56.2 Å². The number of aliphatic hydroxyl groups is 1. The molecule has 11 atom stereocenters. The molecular weight excluding hydrogens is 408 g/mol. The lowest BCUT2D eigenvalue weighted by molar-refractivity contribution is -0.321. The summed E-state index contributed by atoms with van der Waals surface area (Å²) in [5.41, 5.74) is 0.699. The number of carbonyl (C=O) groups excluding carboxylic acids is 1. The van der Waals surface area contributed by atoms with Gasteiger partial charge in [-0.25, -0.2) is 0 Å². The Morgan fingerprint density at radius 1 is 0.758 bits per heavy atom. The Balaban J connectivity index is 1.46. The topological polar surface area (TPSA) is 46.5 Å². The third-order valence-electron chi connectivity index (χ3n) is 14.0. The Kier molecular flexibility index (Phi) is 4.44. The second-order valence-electron chi connectivity index (χ2n) is 15.5. The molecule has 1 spiro atoms. The third kappa shape index (κ3) is 2.45. The van der Waals surface area contributed by atoms with Crippen molar-refractivity contribution in [1.29, 1.82) is 0 Å². The van der Waals surface area contributed by atoms with Gasteiger partial charge in [0.1, 0.15) is 6.10 Å². The first-order valence-corrected chi connectivity index (χ1v) is 14.1. The number of aliphatic hydroxyl groups excluding tert-OH is 1. The highest BCUT2D eigenvalue weighted by molar-refractivity contribution is 5.81. The minimum atomic E-state index is -0.300. The lowest BCUT2D eigenvalue weighted by Gasteiger charge is -2.77. The van der Waals surface area contributed by atoms with Crippen molar-refractivity contribution in [2.24, 2.45) is 56.2 Å². The summed E-state index contributed by atoms with van der Waals surface area (Å²) in [6.07, 6.45) is 11.4. The zero-order valence-corrected chi connectivity index (χ0v) is 22.3. The lowest BCUT2D eigenvalue weighted by atomic mass is 9.28. The minimum Gasteiger partial charge on any atom is -0.461 e. The first-order valence-electron chi connectivity index (χ1n) is 14.1. The van der Waals surface area contributed by atoms with Crippen LogP contribution in [-0.4, -0.2) is 23.3 Å². The van der Waals surface area contributed by atoms with Crippen LogP contribution in [0.4, 0.5) is 0 Å². The molecule has 11 unspecified atom stereocenters. The van der Waals surface area contributed by atoms with E-state index in [0.29, 0.717) is 29.1 Å². The summed E-state index contributed by atoms with van der Waals surface area (Å²) < 4.78 is 6.35. The monoisotopic (exact) mass is 456 g/mol. The molecule has 1 N–H and O–H groups in total. The van der Waals surface area contributed by atoms with Crippen LogP contribution in [0.25, 0.3) is 0 Å². The van der Waals surface area contributed by atoms with E-state index in [9.17, 15) is 9.90 Å². The molecule has 0 aromatic heterocycles. The van der Waals surface area contributed by atoms with Gasteiger partial charge in [-0.05, 0) is 110 Å². The molecule has 5 saturated carbocycles. The van der Waals surface area contributed by atoms with Crippen molar-refractivity contribution in [2.45, 2.75) is 125 Å². The summed E-state index contributed by atoms with van der Waals surface area (Å²) in [5.74, 6) is 2.24. The molecule has 2 saturated heterocycles. The van der Waals surface area contributed by atoms with Crippen molar-refractivity contribution in [1.82, 2.24) is 0 Å². The molecule has 186 valence electrons. The Labute approximate surface area is 201 Å². The number of ether oxygens (including phenoxy) is 1. The number of rotatable bonds is 0. The highest BCUT2D eigenvalue weighted by Crippen LogP contribution is 2.80. The normalized spacial score (nSPS) is 61.3. The second-order valence-corrected chi connectivity index (χ2v) is 15.5. The third-order valence-corrected chi connectivity index (χ3v) is 14.0. The fourth-order valence-electron chi connectivity index (χ4n) is 11.8. The summed E-state index contributed by atoms with van der Waals surface area (Å²) in [6.45, 7) is 17.3. The van der Waals surface area contributed by atoms with Crippen LogP contribution in [0.3, 0.4) is 0 Å². The average Bonchev–Trinajstić information content (AvgIpc) is 2.72. The van der Waals surface area contributed by atoms with Crippen LogP contribution >= 0.6 is 0 Å². The van der Waals surface area contributed by atoms with E-state index in [1.807, 2.05) is 0 Å². The smallest absolute Gasteiger partial charge is 0.313 e. The van der Waals surface area contributed by atoms with Crippen molar-refractivity contribution in [2.75, 3.05) is 0 Å². The summed E-state index contributed by atoms with van der Waals surface area (Å²) in [6, 6.07) is 0. The van der Waals surface area contributed by atoms with Gasteiger partial charge in [0.15, 0.2) is 0 Å². The van der Waals surface area contributed by atoms with Gasteiger partial charge >= 0.3 is 5.97 Å². The molecule has 3 nitrogen and oxygen atoms in total. The first kappa shape index (κ1) is 22.9. The van der Waals surface area contributed by atoms with E-state index in [4.69, 9.17) is 4.74 Å². The standard InChI is InChI=1S/C30H48O3/c1-18-19(31)8-9-20-26(18,4)11-10-21-27(20,5)14-15-30-22-16-25(2,3)12-13-28(22,6)23(33-24(30)32)17-29(21,30)7/h18-23,31H,8-17H2,1-7H3. The molecule has 5 aliphatic carbocycles. The van der Waals surface area contributed by atoms with E-state index in [1.165, 1.54) is 32.1 Å². The van der Waals surface area contributed by atoms with Crippen molar-refractivity contribution < 1.29 is 14.6 Å². The number of hydrogen-bond acceptors (Lipinski definition) is 3. The van der Waals surface area contributed by atoms with Gasteiger partial charge in [-0.15, -0.1) is 0 Å². The molecule has 0 aromatic carbocycles. The first-order chi connectivity index (χ1) is 15.2. The summed E-state index contributed by atoms with van der Waals surface area (Å²) >= 11 is 0. The van der Waals surface area contributed by atoms with Crippen LogP contribution in [0.1, 0.15) is 113 Å². The maximum absolute atomic E-state index is 14.0. The zero-order valence-electron chi connectivity index (χ0n) is 22.3. The quantitative estimate of drug-likeness (QED) is 0.409. The molecule has 0 amide bonds. The van der Waals surface area contributed by atoms with Crippen LogP contribution in [0.5, 0.6) is 0 Å². The molecule has 33 heavy (non-hydrogen) atoms. The van der Waals surface area contributed by atoms with Gasteiger partial charge in [0.2, 0.25) is 0 Å². The molecule has 2 heterocycles. The predicted octanol–water partition coefficient (Wildman–Crippen LogP) is 6.76. The SMILES string of the molecule is CC1C(O)CCC2C1(C)CCC1C2(C)CCC23C(=O)OC(CC12C)C1(C)CCC(C)(C)CC13. The molecule has 0 radical (unpaired) electrons. The van der Waals surface area contributed by atoms with Crippen molar-refractivity contribution in [3.8, 4) is 0 Å². The molecule has 2 aliphatic heterocycles. The Hall–Kier alpha value is -0.570. The molecule has 7 fully saturated rings. The predicted molar refractivity (Wildman–Crippen MR) is 130 cm³/mol. The molecule has 7 rings (SSSR count). The Bertz CT molecular complexity index is 880. The largest absolute Gasteiger partial charge is 0.461 e. The van der Waals surface area contributed by atoms with Gasteiger partial charge in [0.25, 0.3) is 0 Å². The van der Waals surface area contributed by atoms with Crippen LogP contribution < -0.4 is 0 Å². The van der Waals surface area contributed by atoms with Crippen LogP contribution in [-0.2, 0) is 9.53 Å². The highest BCUT2D eigenvalue weighted by atomic mass is 16.6. The zero-order chi connectivity index (χ0) is 23.8. The average molecular weight is 457 g/mol. The highest BCUT2D eigenvalue weighted by Gasteiger charge is 2.79. The fraction of sp³-hybridized carbons (Fsp3) is 0.967.